The number of amides is 2. The van der Waals surface area contributed by atoms with Gasteiger partial charge in [0.2, 0.25) is 0 Å². The van der Waals surface area contributed by atoms with Gasteiger partial charge in [-0.25, -0.2) is 9.78 Å². The molecule has 8 nitrogen and oxygen atoms in total. The quantitative estimate of drug-likeness (QED) is 0.827. The Bertz CT molecular complexity index is 788. The number of likely N-dealkylation sites (N-methyl/N-ethyl adjacent to an activating group) is 1. The third-order valence-electron chi connectivity index (χ3n) is 5.11. The van der Waals surface area contributed by atoms with Gasteiger partial charge in [0.15, 0.2) is 5.13 Å². The molecule has 132 valence electrons. The molecule has 0 saturated carbocycles. The Morgan fingerprint density at radius 2 is 2.20 bits per heavy atom. The van der Waals surface area contributed by atoms with E-state index in [-0.39, 0.29) is 6.03 Å². The Kier molecular flexibility index (Phi) is 3.46. The van der Waals surface area contributed by atoms with Crippen LogP contribution in [0.3, 0.4) is 0 Å². The van der Waals surface area contributed by atoms with Crippen LogP contribution in [0.5, 0.6) is 0 Å². The molecule has 2 aromatic rings. The molecular formula is C16H20N6O2S. The molecule has 9 heteroatoms. The summed E-state index contributed by atoms with van der Waals surface area (Å²) in [6.45, 7) is 4.78. The third kappa shape index (κ3) is 2.49. The molecule has 2 aromatic heterocycles. The lowest BCUT2D eigenvalue weighted by Crippen LogP contribution is -2.48. The number of carbonyl (C=O) groups excluding carboxylic acids is 1. The van der Waals surface area contributed by atoms with Gasteiger partial charge in [-0.1, -0.05) is 11.3 Å². The summed E-state index contributed by atoms with van der Waals surface area (Å²) < 4.78 is 7.48. The zero-order chi connectivity index (χ0) is 17.0. The molecule has 3 aliphatic heterocycles. The molecular weight excluding hydrogens is 340 g/mol. The number of hydrogen-bond donors (Lipinski definition) is 0. The van der Waals surface area contributed by atoms with Gasteiger partial charge in [-0.3, -0.25) is 9.58 Å². The number of aromatic nitrogens is 3. The van der Waals surface area contributed by atoms with Gasteiger partial charge >= 0.3 is 6.03 Å². The zero-order valence-electron chi connectivity index (χ0n) is 14.1. The number of anilines is 2. The normalized spacial score (nSPS) is 21.0. The third-order valence-corrected chi connectivity index (χ3v) is 6.24. The van der Waals surface area contributed by atoms with Crippen LogP contribution in [-0.4, -0.2) is 65.5 Å². The van der Waals surface area contributed by atoms with E-state index >= 15 is 0 Å². The first-order valence-electron chi connectivity index (χ1n) is 8.57. The second kappa shape index (κ2) is 5.70. The van der Waals surface area contributed by atoms with E-state index in [4.69, 9.17) is 9.72 Å². The number of thiazole rings is 1. The number of rotatable bonds is 3. The van der Waals surface area contributed by atoms with Crippen molar-refractivity contribution in [2.75, 3.05) is 49.6 Å². The molecule has 0 atom stereocenters. The van der Waals surface area contributed by atoms with E-state index in [9.17, 15) is 4.79 Å². The largest absolute Gasteiger partial charge is 0.375 e. The fraction of sp³-hybridized carbons (Fsp3) is 0.562. The standard InChI is InChI=1S/C16H20N6O2S/c1-19-3-4-21(16(19)23)11-6-17-22(9-11)12-7-20(8-12)15-18-13-2-5-24-10-14(13)25-15/h6,9,12H,2-5,7-8,10H2,1H3. The van der Waals surface area contributed by atoms with E-state index in [2.05, 4.69) is 10.00 Å². The van der Waals surface area contributed by atoms with Gasteiger partial charge in [-0.05, 0) is 0 Å². The van der Waals surface area contributed by atoms with Crippen molar-refractivity contribution in [1.29, 1.82) is 0 Å². The number of ether oxygens (including phenoxy) is 1. The topological polar surface area (TPSA) is 66.7 Å². The predicted molar refractivity (Wildman–Crippen MR) is 94.3 cm³/mol. The van der Waals surface area contributed by atoms with Crippen LogP contribution < -0.4 is 9.80 Å². The van der Waals surface area contributed by atoms with Gasteiger partial charge in [0, 0.05) is 45.8 Å². The SMILES string of the molecule is CN1CCN(c2cnn(C3CN(c4nc5c(s4)COCC5)C3)c2)C1=O. The molecule has 0 aliphatic carbocycles. The molecule has 2 saturated heterocycles. The molecule has 5 rings (SSSR count). The smallest absolute Gasteiger partial charge is 0.324 e. The molecule has 0 bridgehead atoms. The van der Waals surface area contributed by atoms with Gasteiger partial charge in [-0.15, -0.1) is 0 Å². The lowest BCUT2D eigenvalue weighted by Gasteiger charge is -2.39. The van der Waals surface area contributed by atoms with Gasteiger partial charge in [0.1, 0.15) is 0 Å². The minimum Gasteiger partial charge on any atom is -0.375 e. The molecule has 2 fully saturated rings. The summed E-state index contributed by atoms with van der Waals surface area (Å²) in [4.78, 5) is 23.9. The van der Waals surface area contributed by atoms with E-state index in [0.717, 1.165) is 50.0 Å². The molecule has 0 spiro atoms. The van der Waals surface area contributed by atoms with Crippen molar-refractivity contribution in [3.05, 3.63) is 23.0 Å². The summed E-state index contributed by atoms with van der Waals surface area (Å²) in [5.74, 6) is 0. The average molecular weight is 360 g/mol. The van der Waals surface area contributed by atoms with Gasteiger partial charge < -0.3 is 14.5 Å². The highest BCUT2D eigenvalue weighted by atomic mass is 32.1. The van der Waals surface area contributed by atoms with Gasteiger partial charge in [0.25, 0.3) is 0 Å². The van der Waals surface area contributed by atoms with E-state index < -0.39 is 0 Å². The maximum absolute atomic E-state index is 12.1. The van der Waals surface area contributed by atoms with Crippen LogP contribution in [0, 0.1) is 0 Å². The maximum atomic E-state index is 12.1. The molecule has 0 radical (unpaired) electrons. The molecule has 0 N–H and O–H groups in total. The molecule has 2 amide bonds. The Hall–Kier alpha value is -2.13. The van der Waals surface area contributed by atoms with Crippen molar-refractivity contribution >= 4 is 28.2 Å². The average Bonchev–Trinajstić information content (AvgIpc) is 3.26. The summed E-state index contributed by atoms with van der Waals surface area (Å²) in [5, 5.41) is 5.57. The monoisotopic (exact) mass is 360 g/mol. The molecule has 0 unspecified atom stereocenters. The van der Waals surface area contributed by atoms with Crippen LogP contribution in [0.4, 0.5) is 15.6 Å². The van der Waals surface area contributed by atoms with E-state index in [1.165, 1.54) is 10.6 Å². The summed E-state index contributed by atoms with van der Waals surface area (Å²) in [6, 6.07) is 0.381. The highest BCUT2D eigenvalue weighted by Gasteiger charge is 2.33. The van der Waals surface area contributed by atoms with E-state index in [1.54, 1.807) is 27.3 Å². The minimum atomic E-state index is 0.0466. The lowest BCUT2D eigenvalue weighted by atomic mass is 10.1. The lowest BCUT2D eigenvalue weighted by molar-refractivity contribution is 0.112. The number of fused-ring (bicyclic) bond motifs is 1. The van der Waals surface area contributed by atoms with Crippen molar-refractivity contribution < 1.29 is 9.53 Å². The number of urea groups is 1. The van der Waals surface area contributed by atoms with Crippen LogP contribution in [0.25, 0.3) is 0 Å². The summed E-state index contributed by atoms with van der Waals surface area (Å²) in [6.07, 6.45) is 4.70. The summed E-state index contributed by atoms with van der Waals surface area (Å²) in [7, 11) is 1.83. The molecule has 3 aliphatic rings. The number of carbonyl (C=O) groups is 1. The van der Waals surface area contributed by atoms with Crippen molar-refractivity contribution in [2.45, 2.75) is 19.1 Å². The van der Waals surface area contributed by atoms with Crippen molar-refractivity contribution in [3.8, 4) is 0 Å². The predicted octanol–water partition coefficient (Wildman–Crippen LogP) is 1.35. The minimum absolute atomic E-state index is 0.0466. The zero-order valence-corrected chi connectivity index (χ0v) is 14.9. The van der Waals surface area contributed by atoms with Crippen LogP contribution in [-0.2, 0) is 17.8 Å². The van der Waals surface area contributed by atoms with Crippen LogP contribution in [0.15, 0.2) is 12.4 Å². The Labute approximate surface area is 149 Å². The second-order valence-electron chi connectivity index (χ2n) is 6.76. The second-order valence-corrected chi connectivity index (χ2v) is 7.82. The highest BCUT2D eigenvalue weighted by Crippen LogP contribution is 2.35. The maximum Gasteiger partial charge on any atom is 0.324 e. The van der Waals surface area contributed by atoms with Crippen molar-refractivity contribution in [2.24, 2.45) is 0 Å². The Morgan fingerprint density at radius 3 is 2.96 bits per heavy atom. The molecule has 5 heterocycles. The first-order chi connectivity index (χ1) is 12.2. The van der Waals surface area contributed by atoms with Crippen LogP contribution >= 0.6 is 11.3 Å². The molecule has 25 heavy (non-hydrogen) atoms. The number of nitrogens with zero attached hydrogens (tertiary/aromatic N) is 6. The highest BCUT2D eigenvalue weighted by molar-refractivity contribution is 7.15. The first-order valence-corrected chi connectivity index (χ1v) is 9.39. The summed E-state index contributed by atoms with van der Waals surface area (Å²) >= 11 is 1.74. The van der Waals surface area contributed by atoms with Crippen molar-refractivity contribution in [3.63, 3.8) is 0 Å². The fourth-order valence-corrected chi connectivity index (χ4v) is 4.54. The van der Waals surface area contributed by atoms with Crippen LogP contribution in [0.1, 0.15) is 16.6 Å². The molecule has 0 aromatic carbocycles. The van der Waals surface area contributed by atoms with E-state index in [0.29, 0.717) is 12.6 Å². The first kappa shape index (κ1) is 15.2. The van der Waals surface area contributed by atoms with Gasteiger partial charge in [-0.2, -0.15) is 5.10 Å². The Balaban J connectivity index is 1.25. The van der Waals surface area contributed by atoms with E-state index in [1.807, 2.05) is 17.9 Å². The van der Waals surface area contributed by atoms with Crippen molar-refractivity contribution in [1.82, 2.24) is 19.7 Å². The summed E-state index contributed by atoms with van der Waals surface area (Å²) in [5.41, 5.74) is 2.09. The van der Waals surface area contributed by atoms with Crippen LogP contribution in [0.2, 0.25) is 0 Å². The fourth-order valence-electron chi connectivity index (χ4n) is 3.48. The van der Waals surface area contributed by atoms with Gasteiger partial charge in [0.05, 0.1) is 41.7 Å². The number of hydrogen-bond acceptors (Lipinski definition) is 6. The Morgan fingerprint density at radius 1 is 1.32 bits per heavy atom.